The summed E-state index contributed by atoms with van der Waals surface area (Å²) in [6.07, 6.45) is 2.91. The first-order chi connectivity index (χ1) is 8.95. The topological polar surface area (TPSA) is 110 Å². The molecule has 0 aliphatic heterocycles. The van der Waals surface area contributed by atoms with Gasteiger partial charge in [0, 0.05) is 17.7 Å². The summed E-state index contributed by atoms with van der Waals surface area (Å²) in [5.74, 6) is 4.98. The molecule has 1 aliphatic rings. The fourth-order valence-electron chi connectivity index (χ4n) is 2.13. The largest absolute Gasteiger partial charge is 0.347 e. The summed E-state index contributed by atoms with van der Waals surface area (Å²) in [5.41, 5.74) is 2.58. The van der Waals surface area contributed by atoms with Crippen molar-refractivity contribution in [2.24, 2.45) is 5.84 Å². The van der Waals surface area contributed by atoms with Crippen molar-refractivity contribution in [1.29, 1.82) is 0 Å². The van der Waals surface area contributed by atoms with E-state index in [-0.39, 0.29) is 22.7 Å². The van der Waals surface area contributed by atoms with Crippen molar-refractivity contribution in [2.45, 2.75) is 31.7 Å². The molecule has 0 bridgehead atoms. The lowest BCUT2D eigenvalue weighted by atomic mass is 9.78. The number of benzene rings is 1. The Morgan fingerprint density at radius 1 is 1.47 bits per heavy atom. The molecule has 0 radical (unpaired) electrons. The van der Waals surface area contributed by atoms with Crippen molar-refractivity contribution in [3.8, 4) is 0 Å². The van der Waals surface area contributed by atoms with Gasteiger partial charge in [0.1, 0.15) is 0 Å². The SMILES string of the molecule is CC1(NC(=O)c2cc([N+](=O)[O-])ccc2NN)CCC1. The Bertz CT molecular complexity index is 526. The monoisotopic (exact) mass is 264 g/mol. The average molecular weight is 264 g/mol. The van der Waals surface area contributed by atoms with Crippen LogP contribution >= 0.6 is 0 Å². The summed E-state index contributed by atoms with van der Waals surface area (Å²) in [5, 5.41) is 13.6. The van der Waals surface area contributed by atoms with Gasteiger partial charge in [-0.15, -0.1) is 0 Å². The first kappa shape index (κ1) is 13.3. The van der Waals surface area contributed by atoms with Crippen LogP contribution in [0.4, 0.5) is 11.4 Å². The Balaban J connectivity index is 2.28. The molecule has 1 amide bonds. The molecule has 7 heteroatoms. The number of nitrogens with zero attached hydrogens (tertiary/aromatic N) is 1. The van der Waals surface area contributed by atoms with E-state index in [1.807, 2.05) is 6.92 Å². The normalized spacial score (nSPS) is 16.3. The van der Waals surface area contributed by atoms with Gasteiger partial charge in [0.2, 0.25) is 0 Å². The summed E-state index contributed by atoms with van der Waals surface area (Å²) < 4.78 is 0. The van der Waals surface area contributed by atoms with E-state index in [2.05, 4.69) is 10.7 Å². The zero-order valence-corrected chi connectivity index (χ0v) is 10.6. The van der Waals surface area contributed by atoms with Gasteiger partial charge in [0.25, 0.3) is 11.6 Å². The van der Waals surface area contributed by atoms with E-state index in [4.69, 9.17) is 5.84 Å². The number of anilines is 1. The molecule has 4 N–H and O–H groups in total. The van der Waals surface area contributed by atoms with E-state index in [0.29, 0.717) is 5.69 Å². The van der Waals surface area contributed by atoms with Crippen LogP contribution < -0.4 is 16.6 Å². The van der Waals surface area contributed by atoms with Crippen LogP contribution in [-0.4, -0.2) is 16.4 Å². The van der Waals surface area contributed by atoms with Crippen LogP contribution in [0.15, 0.2) is 18.2 Å². The van der Waals surface area contributed by atoms with Crippen molar-refractivity contribution in [3.05, 3.63) is 33.9 Å². The van der Waals surface area contributed by atoms with Gasteiger partial charge >= 0.3 is 0 Å². The van der Waals surface area contributed by atoms with Gasteiger partial charge in [-0.05, 0) is 32.3 Å². The summed E-state index contributed by atoms with van der Waals surface area (Å²) in [7, 11) is 0. The van der Waals surface area contributed by atoms with Crippen LogP contribution in [0.3, 0.4) is 0 Å². The van der Waals surface area contributed by atoms with Crippen LogP contribution in [0, 0.1) is 10.1 Å². The Labute approximate surface area is 110 Å². The minimum Gasteiger partial charge on any atom is -0.347 e. The van der Waals surface area contributed by atoms with Crippen molar-refractivity contribution >= 4 is 17.3 Å². The second-order valence-electron chi connectivity index (χ2n) is 5.00. The lowest BCUT2D eigenvalue weighted by molar-refractivity contribution is -0.384. The number of hydrogen-bond donors (Lipinski definition) is 3. The lowest BCUT2D eigenvalue weighted by Crippen LogP contribution is -2.51. The highest BCUT2D eigenvalue weighted by molar-refractivity contribution is 6.00. The van der Waals surface area contributed by atoms with Gasteiger partial charge in [-0.25, -0.2) is 0 Å². The molecular formula is C12H16N4O3. The molecule has 0 atom stereocenters. The predicted molar refractivity (Wildman–Crippen MR) is 70.6 cm³/mol. The number of hydrazine groups is 1. The zero-order chi connectivity index (χ0) is 14.0. The number of nitro benzene ring substituents is 1. The number of carbonyl (C=O) groups is 1. The first-order valence-electron chi connectivity index (χ1n) is 6.03. The number of nitrogen functional groups attached to an aromatic ring is 1. The molecule has 0 unspecified atom stereocenters. The minimum absolute atomic E-state index is 0.136. The number of rotatable bonds is 4. The number of nitrogens with one attached hydrogen (secondary N) is 2. The van der Waals surface area contributed by atoms with Crippen molar-refractivity contribution in [1.82, 2.24) is 5.32 Å². The van der Waals surface area contributed by atoms with Crippen molar-refractivity contribution in [3.63, 3.8) is 0 Å². The van der Waals surface area contributed by atoms with Crippen LogP contribution in [0.5, 0.6) is 0 Å². The Morgan fingerprint density at radius 3 is 2.63 bits per heavy atom. The van der Waals surface area contributed by atoms with Crippen LogP contribution in [0.1, 0.15) is 36.5 Å². The molecule has 2 rings (SSSR count). The van der Waals surface area contributed by atoms with E-state index in [9.17, 15) is 14.9 Å². The summed E-state index contributed by atoms with van der Waals surface area (Å²) in [6.45, 7) is 1.96. The third-order valence-corrected chi connectivity index (χ3v) is 3.49. The van der Waals surface area contributed by atoms with Gasteiger partial charge in [0.05, 0.1) is 16.2 Å². The molecule has 0 heterocycles. The van der Waals surface area contributed by atoms with Crippen LogP contribution in [0.25, 0.3) is 0 Å². The predicted octanol–water partition coefficient (Wildman–Crippen LogP) is 1.55. The van der Waals surface area contributed by atoms with Gasteiger partial charge in [-0.3, -0.25) is 20.8 Å². The maximum atomic E-state index is 12.2. The number of carbonyl (C=O) groups excluding carboxylic acids is 1. The summed E-state index contributed by atoms with van der Waals surface area (Å²) in [4.78, 5) is 22.4. The maximum absolute atomic E-state index is 12.2. The van der Waals surface area contributed by atoms with E-state index in [1.165, 1.54) is 18.2 Å². The third-order valence-electron chi connectivity index (χ3n) is 3.49. The zero-order valence-electron chi connectivity index (χ0n) is 10.6. The Morgan fingerprint density at radius 2 is 2.16 bits per heavy atom. The average Bonchev–Trinajstić information content (AvgIpc) is 2.35. The van der Waals surface area contributed by atoms with Gasteiger partial charge in [-0.2, -0.15) is 0 Å². The summed E-state index contributed by atoms with van der Waals surface area (Å²) >= 11 is 0. The van der Waals surface area contributed by atoms with Gasteiger partial charge < -0.3 is 10.7 Å². The molecule has 7 nitrogen and oxygen atoms in total. The van der Waals surface area contributed by atoms with E-state index < -0.39 is 4.92 Å². The minimum atomic E-state index is -0.540. The molecule has 1 aromatic carbocycles. The highest BCUT2D eigenvalue weighted by Crippen LogP contribution is 2.32. The molecular weight excluding hydrogens is 248 g/mol. The second-order valence-corrected chi connectivity index (χ2v) is 5.00. The van der Waals surface area contributed by atoms with E-state index in [0.717, 1.165) is 19.3 Å². The molecule has 102 valence electrons. The van der Waals surface area contributed by atoms with Crippen LogP contribution in [0.2, 0.25) is 0 Å². The highest BCUT2D eigenvalue weighted by Gasteiger charge is 2.34. The fraction of sp³-hybridized carbons (Fsp3) is 0.417. The molecule has 1 aromatic rings. The number of nitrogens with two attached hydrogens (primary N) is 1. The smallest absolute Gasteiger partial charge is 0.270 e. The number of amides is 1. The van der Waals surface area contributed by atoms with E-state index >= 15 is 0 Å². The van der Waals surface area contributed by atoms with Crippen LogP contribution in [-0.2, 0) is 0 Å². The Hall–Kier alpha value is -2.15. The summed E-state index contributed by atoms with van der Waals surface area (Å²) in [6, 6.07) is 3.96. The van der Waals surface area contributed by atoms with Gasteiger partial charge in [-0.1, -0.05) is 0 Å². The standard InChI is InChI=1S/C12H16N4O3/c1-12(5-2-6-12)14-11(17)9-7-8(16(18)19)3-4-10(9)15-13/h3-4,7,15H,2,5-6,13H2,1H3,(H,14,17). The number of nitro groups is 1. The number of non-ortho nitro benzene ring substituents is 1. The molecule has 0 aromatic heterocycles. The van der Waals surface area contributed by atoms with Crippen molar-refractivity contribution in [2.75, 3.05) is 5.43 Å². The maximum Gasteiger partial charge on any atom is 0.270 e. The quantitative estimate of drug-likeness (QED) is 0.434. The van der Waals surface area contributed by atoms with Crippen molar-refractivity contribution < 1.29 is 9.72 Å². The molecule has 1 aliphatic carbocycles. The third kappa shape index (κ3) is 2.65. The molecule has 1 fully saturated rings. The Kier molecular flexibility index (Phi) is 3.39. The van der Waals surface area contributed by atoms with Gasteiger partial charge in [0.15, 0.2) is 0 Å². The second kappa shape index (κ2) is 4.85. The fourth-order valence-corrected chi connectivity index (χ4v) is 2.13. The molecule has 0 saturated heterocycles. The lowest BCUT2D eigenvalue weighted by Gasteiger charge is -2.39. The first-order valence-corrected chi connectivity index (χ1v) is 6.03. The van der Waals surface area contributed by atoms with E-state index in [1.54, 1.807) is 0 Å². The molecule has 1 saturated carbocycles. The highest BCUT2D eigenvalue weighted by atomic mass is 16.6. The molecule has 0 spiro atoms. The molecule has 19 heavy (non-hydrogen) atoms. The number of hydrogen-bond acceptors (Lipinski definition) is 5.